The van der Waals surface area contributed by atoms with Gasteiger partial charge in [-0.1, -0.05) is 6.92 Å². The molecule has 0 spiro atoms. The van der Waals surface area contributed by atoms with E-state index in [-0.39, 0.29) is 17.1 Å². The number of hydrogen-bond donors (Lipinski definition) is 3. The minimum Gasteiger partial charge on any atom is -0.506 e. The van der Waals surface area contributed by atoms with Gasteiger partial charge in [0.2, 0.25) is 5.91 Å². The molecule has 1 aromatic rings. The molecule has 2 rings (SSSR count). The van der Waals surface area contributed by atoms with Crippen molar-refractivity contribution in [3.05, 3.63) is 18.2 Å². The van der Waals surface area contributed by atoms with Crippen molar-refractivity contribution in [2.45, 2.75) is 19.8 Å². The van der Waals surface area contributed by atoms with Gasteiger partial charge in [0.05, 0.1) is 18.2 Å². The zero-order chi connectivity index (χ0) is 13.9. The van der Waals surface area contributed by atoms with Crippen LogP contribution in [0, 0.1) is 5.41 Å². The molecule has 1 aliphatic heterocycles. The van der Waals surface area contributed by atoms with E-state index in [9.17, 15) is 9.90 Å². The predicted molar refractivity (Wildman–Crippen MR) is 73.5 cm³/mol. The molecule has 1 saturated heterocycles. The Kier molecular flexibility index (Phi) is 3.95. The quantitative estimate of drug-likeness (QED) is 0.724. The molecule has 1 aliphatic rings. The first-order valence-electron chi connectivity index (χ1n) is 6.50. The van der Waals surface area contributed by atoms with Gasteiger partial charge in [-0.2, -0.15) is 0 Å². The second-order valence-corrected chi connectivity index (χ2v) is 4.90. The second kappa shape index (κ2) is 5.48. The predicted octanol–water partition coefficient (Wildman–Crippen LogP) is 1.73. The molecular weight excluding hydrogens is 244 g/mol. The number of aromatic hydroxyl groups is 1. The summed E-state index contributed by atoms with van der Waals surface area (Å²) in [4.78, 5) is 12.4. The summed E-state index contributed by atoms with van der Waals surface area (Å²) in [5.74, 6) is 0.595. The monoisotopic (exact) mass is 264 g/mol. The minimum atomic E-state index is -0.379. The van der Waals surface area contributed by atoms with Crippen molar-refractivity contribution in [3.63, 3.8) is 0 Å². The van der Waals surface area contributed by atoms with Crippen molar-refractivity contribution in [1.29, 1.82) is 0 Å². The van der Waals surface area contributed by atoms with E-state index in [1.807, 2.05) is 6.92 Å². The maximum absolute atomic E-state index is 12.4. The molecule has 104 valence electrons. The Morgan fingerprint density at radius 3 is 2.95 bits per heavy atom. The Bertz CT molecular complexity index is 468. The van der Waals surface area contributed by atoms with Crippen LogP contribution in [0.2, 0.25) is 0 Å². The van der Waals surface area contributed by atoms with Gasteiger partial charge < -0.3 is 20.5 Å². The van der Waals surface area contributed by atoms with E-state index < -0.39 is 0 Å². The first-order valence-corrected chi connectivity index (χ1v) is 6.50. The molecule has 5 heteroatoms. The second-order valence-electron chi connectivity index (χ2n) is 4.90. The Morgan fingerprint density at radius 1 is 1.58 bits per heavy atom. The highest BCUT2D eigenvalue weighted by atomic mass is 16.5. The van der Waals surface area contributed by atoms with Crippen LogP contribution in [0.5, 0.6) is 11.5 Å². The molecule has 19 heavy (non-hydrogen) atoms. The van der Waals surface area contributed by atoms with Gasteiger partial charge in [0.1, 0.15) is 11.5 Å². The van der Waals surface area contributed by atoms with Crippen molar-refractivity contribution in [2.75, 3.05) is 25.5 Å². The standard InChI is InChI=1S/C14H20N2O3/c1-3-14(6-7-15-9-14)13(18)16-11-8-10(19-2)4-5-12(11)17/h4-5,8,15,17H,3,6-7,9H2,1-2H3,(H,16,18). The minimum absolute atomic E-state index is 0.0476. The summed E-state index contributed by atoms with van der Waals surface area (Å²) in [7, 11) is 1.55. The van der Waals surface area contributed by atoms with Crippen molar-refractivity contribution in [3.8, 4) is 11.5 Å². The van der Waals surface area contributed by atoms with Crippen molar-refractivity contribution in [2.24, 2.45) is 5.41 Å². The highest BCUT2D eigenvalue weighted by Crippen LogP contribution is 2.34. The molecule has 0 saturated carbocycles. The zero-order valence-corrected chi connectivity index (χ0v) is 11.3. The molecule has 3 N–H and O–H groups in total. The summed E-state index contributed by atoms with van der Waals surface area (Å²) in [6.45, 7) is 3.55. The Balaban J connectivity index is 2.18. The number of hydrogen-bond acceptors (Lipinski definition) is 4. The third kappa shape index (κ3) is 2.66. The molecule has 1 aromatic carbocycles. The number of anilines is 1. The van der Waals surface area contributed by atoms with Crippen LogP contribution in [0.3, 0.4) is 0 Å². The van der Waals surface area contributed by atoms with E-state index in [0.29, 0.717) is 18.0 Å². The smallest absolute Gasteiger partial charge is 0.232 e. The largest absolute Gasteiger partial charge is 0.506 e. The van der Waals surface area contributed by atoms with Crippen molar-refractivity contribution in [1.82, 2.24) is 5.32 Å². The summed E-state index contributed by atoms with van der Waals surface area (Å²) in [6, 6.07) is 4.79. The van der Waals surface area contributed by atoms with Gasteiger partial charge in [-0.3, -0.25) is 4.79 Å². The molecule has 1 amide bonds. The Hall–Kier alpha value is -1.75. The first kappa shape index (κ1) is 13.7. The highest BCUT2D eigenvalue weighted by molar-refractivity contribution is 5.97. The van der Waals surface area contributed by atoms with Gasteiger partial charge in [-0.15, -0.1) is 0 Å². The number of rotatable bonds is 4. The van der Waals surface area contributed by atoms with E-state index in [1.54, 1.807) is 19.2 Å². The van der Waals surface area contributed by atoms with Gasteiger partial charge in [0.25, 0.3) is 0 Å². The first-order chi connectivity index (χ1) is 9.11. The molecular formula is C14H20N2O3. The number of ether oxygens (including phenoxy) is 1. The van der Waals surface area contributed by atoms with Crippen LogP contribution in [-0.2, 0) is 4.79 Å². The number of phenols is 1. The number of nitrogens with one attached hydrogen (secondary N) is 2. The van der Waals surface area contributed by atoms with Crippen LogP contribution in [0.15, 0.2) is 18.2 Å². The average Bonchev–Trinajstić information content (AvgIpc) is 2.91. The lowest BCUT2D eigenvalue weighted by atomic mass is 9.83. The van der Waals surface area contributed by atoms with Gasteiger partial charge in [0.15, 0.2) is 0 Å². The van der Waals surface area contributed by atoms with Gasteiger partial charge >= 0.3 is 0 Å². The normalized spacial score (nSPS) is 22.2. The van der Waals surface area contributed by atoms with Crippen LogP contribution in [0.4, 0.5) is 5.69 Å². The van der Waals surface area contributed by atoms with Gasteiger partial charge in [0, 0.05) is 12.6 Å². The van der Waals surface area contributed by atoms with E-state index in [2.05, 4.69) is 10.6 Å². The zero-order valence-electron chi connectivity index (χ0n) is 11.3. The summed E-state index contributed by atoms with van der Waals surface area (Å²) in [5, 5.41) is 15.8. The average molecular weight is 264 g/mol. The molecule has 0 aromatic heterocycles. The van der Waals surface area contributed by atoms with Crippen LogP contribution >= 0.6 is 0 Å². The number of amides is 1. The van der Waals surface area contributed by atoms with Gasteiger partial charge in [-0.05, 0) is 31.5 Å². The van der Waals surface area contributed by atoms with Crippen molar-refractivity contribution >= 4 is 11.6 Å². The number of benzene rings is 1. The fourth-order valence-corrected chi connectivity index (χ4v) is 2.40. The number of methoxy groups -OCH3 is 1. The van der Waals surface area contributed by atoms with E-state index in [4.69, 9.17) is 4.74 Å². The Labute approximate surface area is 113 Å². The third-order valence-electron chi connectivity index (χ3n) is 3.85. The third-order valence-corrected chi connectivity index (χ3v) is 3.85. The summed E-state index contributed by atoms with van der Waals surface area (Å²) in [5.41, 5.74) is 0.0132. The number of phenolic OH excluding ortho intramolecular Hbond substituents is 1. The SMILES string of the molecule is CCC1(C(=O)Nc2cc(OC)ccc2O)CCNC1. The summed E-state index contributed by atoms with van der Waals surface area (Å²) < 4.78 is 5.09. The number of carbonyl (C=O) groups is 1. The molecule has 0 aliphatic carbocycles. The highest BCUT2D eigenvalue weighted by Gasteiger charge is 2.39. The molecule has 0 bridgehead atoms. The van der Waals surface area contributed by atoms with Gasteiger partial charge in [-0.25, -0.2) is 0 Å². The lowest BCUT2D eigenvalue weighted by molar-refractivity contribution is -0.124. The maximum atomic E-state index is 12.4. The molecule has 5 nitrogen and oxygen atoms in total. The molecule has 1 atom stereocenters. The van der Waals surface area contributed by atoms with Crippen LogP contribution < -0.4 is 15.4 Å². The lowest BCUT2D eigenvalue weighted by Gasteiger charge is -2.25. The Morgan fingerprint density at radius 2 is 2.37 bits per heavy atom. The molecule has 0 radical (unpaired) electrons. The topological polar surface area (TPSA) is 70.6 Å². The van der Waals surface area contributed by atoms with E-state index in [1.165, 1.54) is 6.07 Å². The van der Waals surface area contributed by atoms with Crippen LogP contribution in [-0.4, -0.2) is 31.2 Å². The molecule has 1 heterocycles. The fourth-order valence-electron chi connectivity index (χ4n) is 2.40. The van der Waals surface area contributed by atoms with E-state index in [0.717, 1.165) is 19.4 Å². The maximum Gasteiger partial charge on any atom is 0.232 e. The van der Waals surface area contributed by atoms with E-state index >= 15 is 0 Å². The number of carbonyl (C=O) groups excluding carboxylic acids is 1. The van der Waals surface area contributed by atoms with Crippen molar-refractivity contribution < 1.29 is 14.6 Å². The summed E-state index contributed by atoms with van der Waals surface area (Å²) in [6.07, 6.45) is 1.59. The summed E-state index contributed by atoms with van der Waals surface area (Å²) >= 11 is 0. The molecule has 1 fully saturated rings. The van der Waals surface area contributed by atoms with Crippen LogP contribution in [0.25, 0.3) is 0 Å². The van der Waals surface area contributed by atoms with Crippen LogP contribution in [0.1, 0.15) is 19.8 Å². The fraction of sp³-hybridized carbons (Fsp3) is 0.500. The molecule has 1 unspecified atom stereocenters. The lowest BCUT2D eigenvalue weighted by Crippen LogP contribution is -2.37.